The summed E-state index contributed by atoms with van der Waals surface area (Å²) in [7, 11) is 0. The highest BCUT2D eigenvalue weighted by atomic mass is 16.1. The summed E-state index contributed by atoms with van der Waals surface area (Å²) < 4.78 is 0. The Hall–Kier alpha value is -0.330. The van der Waals surface area contributed by atoms with Crippen LogP contribution in [0.2, 0.25) is 0 Å². The summed E-state index contributed by atoms with van der Waals surface area (Å²) in [6.45, 7) is 4.50. The second-order valence-electron chi connectivity index (χ2n) is 4.32. The van der Waals surface area contributed by atoms with Crippen LogP contribution >= 0.6 is 0 Å². The Bertz CT molecular complexity index is 181. The van der Waals surface area contributed by atoms with E-state index in [-0.39, 0.29) is 0 Å². The van der Waals surface area contributed by atoms with Crippen LogP contribution in [0.25, 0.3) is 0 Å². The molecule has 0 aromatic carbocycles. The summed E-state index contributed by atoms with van der Waals surface area (Å²) in [5, 5.41) is 0. The first-order chi connectivity index (χ1) is 4.62. The van der Waals surface area contributed by atoms with Crippen molar-refractivity contribution in [2.24, 2.45) is 17.3 Å². The van der Waals surface area contributed by atoms with E-state index in [0.29, 0.717) is 23.0 Å². The lowest BCUT2D eigenvalue weighted by Crippen LogP contribution is -2.19. The molecule has 1 unspecified atom stereocenters. The lowest BCUT2D eigenvalue weighted by atomic mass is 9.82. The number of hydrogen-bond acceptors (Lipinski definition) is 1. The number of ketones is 1. The molecule has 0 radical (unpaired) electrons. The zero-order valence-corrected chi connectivity index (χ0v) is 6.68. The fourth-order valence-corrected chi connectivity index (χ4v) is 2.72. The molecule has 0 saturated heterocycles. The van der Waals surface area contributed by atoms with Crippen LogP contribution in [-0.4, -0.2) is 5.78 Å². The van der Waals surface area contributed by atoms with Gasteiger partial charge >= 0.3 is 0 Å². The van der Waals surface area contributed by atoms with Crippen molar-refractivity contribution in [2.45, 2.75) is 33.1 Å². The van der Waals surface area contributed by atoms with Gasteiger partial charge in [0, 0.05) is 12.3 Å². The van der Waals surface area contributed by atoms with Crippen molar-refractivity contribution in [1.82, 2.24) is 0 Å². The van der Waals surface area contributed by atoms with Gasteiger partial charge in [0.15, 0.2) is 0 Å². The summed E-state index contributed by atoms with van der Waals surface area (Å²) in [5.41, 5.74) is 0.344. The molecule has 0 heterocycles. The van der Waals surface area contributed by atoms with Gasteiger partial charge in [-0.2, -0.15) is 0 Å². The molecule has 2 saturated carbocycles. The topological polar surface area (TPSA) is 17.1 Å². The van der Waals surface area contributed by atoms with Crippen LogP contribution in [0.1, 0.15) is 33.1 Å². The highest BCUT2D eigenvalue weighted by molar-refractivity contribution is 5.85. The first kappa shape index (κ1) is 6.38. The third-order valence-electron chi connectivity index (χ3n) is 3.59. The first-order valence-corrected chi connectivity index (χ1v) is 4.15. The number of hydrogen-bond donors (Lipinski definition) is 0. The van der Waals surface area contributed by atoms with Crippen molar-refractivity contribution >= 4 is 5.78 Å². The van der Waals surface area contributed by atoms with Crippen LogP contribution in [0, 0.1) is 17.3 Å². The van der Waals surface area contributed by atoms with Crippen molar-refractivity contribution in [3.05, 3.63) is 0 Å². The van der Waals surface area contributed by atoms with Gasteiger partial charge in [-0.1, -0.05) is 13.8 Å². The third kappa shape index (κ3) is 0.561. The van der Waals surface area contributed by atoms with Gasteiger partial charge in [0.2, 0.25) is 0 Å². The molecule has 1 nitrogen and oxygen atoms in total. The van der Waals surface area contributed by atoms with Crippen LogP contribution in [0.3, 0.4) is 0 Å². The Labute approximate surface area is 61.8 Å². The average Bonchev–Trinajstić information content (AvgIpc) is 2.20. The molecule has 2 bridgehead atoms. The largest absolute Gasteiger partial charge is 0.299 e. The summed E-state index contributed by atoms with van der Waals surface area (Å²) in [4.78, 5) is 11.3. The van der Waals surface area contributed by atoms with E-state index in [9.17, 15) is 4.79 Å². The Morgan fingerprint density at radius 1 is 1.40 bits per heavy atom. The van der Waals surface area contributed by atoms with Crippen LogP contribution in [0.15, 0.2) is 0 Å². The van der Waals surface area contributed by atoms with Crippen LogP contribution < -0.4 is 0 Å². The summed E-state index contributed by atoms with van der Waals surface area (Å²) in [6, 6.07) is 0. The van der Waals surface area contributed by atoms with Gasteiger partial charge in [-0.05, 0) is 24.2 Å². The maximum absolute atomic E-state index is 11.3. The van der Waals surface area contributed by atoms with Gasteiger partial charge < -0.3 is 0 Å². The first-order valence-electron chi connectivity index (χ1n) is 4.15. The SMILES string of the molecule is CC1(C)C2CC[C@H]1C(=O)C2. The Morgan fingerprint density at radius 3 is 2.30 bits per heavy atom. The molecule has 0 aromatic rings. The van der Waals surface area contributed by atoms with Crippen molar-refractivity contribution in [2.75, 3.05) is 0 Å². The molecule has 0 amide bonds. The molecule has 2 aliphatic carbocycles. The maximum atomic E-state index is 11.3. The van der Waals surface area contributed by atoms with Gasteiger partial charge in [0.1, 0.15) is 5.78 Å². The average molecular weight is 138 g/mol. The van der Waals surface area contributed by atoms with Gasteiger partial charge in [-0.25, -0.2) is 0 Å². The molecule has 0 aliphatic heterocycles. The van der Waals surface area contributed by atoms with E-state index in [2.05, 4.69) is 13.8 Å². The predicted octanol–water partition coefficient (Wildman–Crippen LogP) is 2.01. The minimum atomic E-state index is 0.344. The summed E-state index contributed by atoms with van der Waals surface area (Å²) in [6.07, 6.45) is 3.33. The Balaban J connectivity index is 2.35. The number of carbonyl (C=O) groups excluding carboxylic acids is 1. The highest BCUT2D eigenvalue weighted by Gasteiger charge is 2.52. The van der Waals surface area contributed by atoms with Crippen molar-refractivity contribution in [3.8, 4) is 0 Å². The van der Waals surface area contributed by atoms with E-state index in [4.69, 9.17) is 0 Å². The summed E-state index contributed by atoms with van der Waals surface area (Å²) >= 11 is 0. The molecule has 0 N–H and O–H groups in total. The minimum absolute atomic E-state index is 0.344. The van der Waals surface area contributed by atoms with E-state index in [0.717, 1.165) is 12.8 Å². The molecule has 2 atom stereocenters. The molecular formula is C9H14O. The second-order valence-corrected chi connectivity index (χ2v) is 4.32. The molecule has 2 rings (SSSR count). The minimum Gasteiger partial charge on any atom is -0.299 e. The number of fused-ring (bicyclic) bond motifs is 2. The van der Waals surface area contributed by atoms with E-state index < -0.39 is 0 Å². The van der Waals surface area contributed by atoms with E-state index in [1.807, 2.05) is 0 Å². The second kappa shape index (κ2) is 1.63. The quantitative estimate of drug-likeness (QED) is 0.500. The normalized spacial score (nSPS) is 42.8. The van der Waals surface area contributed by atoms with E-state index >= 15 is 0 Å². The fourth-order valence-electron chi connectivity index (χ4n) is 2.72. The van der Waals surface area contributed by atoms with Crippen LogP contribution in [0.4, 0.5) is 0 Å². The van der Waals surface area contributed by atoms with E-state index in [1.165, 1.54) is 6.42 Å². The molecule has 0 spiro atoms. The molecule has 56 valence electrons. The van der Waals surface area contributed by atoms with Crippen LogP contribution in [-0.2, 0) is 4.79 Å². The molecule has 2 aliphatic rings. The number of carbonyl (C=O) groups is 1. The highest BCUT2D eigenvalue weighted by Crippen LogP contribution is 2.55. The Kier molecular flexibility index (Phi) is 1.04. The maximum Gasteiger partial charge on any atom is 0.136 e. The zero-order chi connectivity index (χ0) is 7.35. The van der Waals surface area contributed by atoms with Gasteiger partial charge in [0.25, 0.3) is 0 Å². The molecule has 0 aromatic heterocycles. The predicted molar refractivity (Wildman–Crippen MR) is 39.6 cm³/mol. The third-order valence-corrected chi connectivity index (χ3v) is 3.59. The molecule has 2 fully saturated rings. The fraction of sp³-hybridized carbons (Fsp3) is 0.889. The lowest BCUT2D eigenvalue weighted by Gasteiger charge is -2.21. The molecule has 10 heavy (non-hydrogen) atoms. The zero-order valence-electron chi connectivity index (χ0n) is 6.68. The van der Waals surface area contributed by atoms with Crippen LogP contribution in [0.5, 0.6) is 0 Å². The lowest BCUT2D eigenvalue weighted by molar-refractivity contribution is -0.122. The van der Waals surface area contributed by atoms with Gasteiger partial charge in [-0.15, -0.1) is 0 Å². The standard InChI is InChI=1S/C9H14O/c1-9(2)6-3-4-7(9)8(10)5-6/h6-7H,3-5H2,1-2H3/t6?,7-/m0/s1. The van der Waals surface area contributed by atoms with Crippen molar-refractivity contribution in [3.63, 3.8) is 0 Å². The van der Waals surface area contributed by atoms with Crippen molar-refractivity contribution < 1.29 is 4.79 Å². The number of rotatable bonds is 0. The molecular weight excluding hydrogens is 124 g/mol. The van der Waals surface area contributed by atoms with Crippen molar-refractivity contribution in [1.29, 1.82) is 0 Å². The Morgan fingerprint density at radius 2 is 2.10 bits per heavy atom. The molecule has 1 heteroatoms. The smallest absolute Gasteiger partial charge is 0.136 e. The van der Waals surface area contributed by atoms with Gasteiger partial charge in [-0.3, -0.25) is 4.79 Å². The summed E-state index contributed by atoms with van der Waals surface area (Å²) in [5.74, 6) is 1.66. The number of Topliss-reactive ketones (excluding diaryl/α,β-unsaturated/α-hetero) is 1. The van der Waals surface area contributed by atoms with Gasteiger partial charge in [0.05, 0.1) is 0 Å². The monoisotopic (exact) mass is 138 g/mol. The van der Waals surface area contributed by atoms with E-state index in [1.54, 1.807) is 0 Å².